The lowest BCUT2D eigenvalue weighted by Crippen LogP contribution is -2.07. The number of aromatic nitrogens is 1. The van der Waals surface area contributed by atoms with Gasteiger partial charge in [-0.2, -0.15) is 0 Å². The molecule has 1 aromatic carbocycles. The maximum Gasteiger partial charge on any atom is 0.165 e. The Bertz CT molecular complexity index is 485. The van der Waals surface area contributed by atoms with Gasteiger partial charge in [0.05, 0.1) is 0 Å². The second-order valence-electron chi connectivity index (χ2n) is 3.64. The summed E-state index contributed by atoms with van der Waals surface area (Å²) in [4.78, 5) is 3.92. The maximum absolute atomic E-state index is 13.2. The zero-order valence-electron chi connectivity index (χ0n) is 9.16. The van der Waals surface area contributed by atoms with E-state index in [1.807, 2.05) is 24.3 Å². The second-order valence-corrected chi connectivity index (χ2v) is 4.07. The van der Waals surface area contributed by atoms with Crippen molar-refractivity contribution in [3.05, 3.63) is 59.0 Å². The number of rotatable bonds is 4. The van der Waals surface area contributed by atoms with E-state index in [-0.39, 0.29) is 5.82 Å². The minimum atomic E-state index is -0.330. The van der Waals surface area contributed by atoms with Crippen LogP contribution in [0.3, 0.4) is 0 Å². The van der Waals surface area contributed by atoms with Crippen molar-refractivity contribution in [2.45, 2.75) is 6.42 Å². The van der Waals surface area contributed by atoms with Crippen LogP contribution in [0.4, 0.5) is 10.2 Å². The molecule has 0 unspecified atom stereocenters. The van der Waals surface area contributed by atoms with Crippen molar-refractivity contribution in [1.82, 2.24) is 4.98 Å². The van der Waals surface area contributed by atoms with Crippen LogP contribution in [0.15, 0.2) is 42.6 Å². The van der Waals surface area contributed by atoms with E-state index in [1.165, 1.54) is 6.07 Å². The van der Waals surface area contributed by atoms with Crippen molar-refractivity contribution >= 4 is 17.4 Å². The van der Waals surface area contributed by atoms with Crippen LogP contribution in [0.5, 0.6) is 0 Å². The molecule has 0 saturated carbocycles. The summed E-state index contributed by atoms with van der Waals surface area (Å²) in [5, 5.41) is 3.68. The summed E-state index contributed by atoms with van der Waals surface area (Å²) in [5.74, 6) is -0.0370. The van der Waals surface area contributed by atoms with Gasteiger partial charge in [-0.3, -0.25) is 0 Å². The molecule has 88 valence electrons. The Labute approximate surface area is 104 Å². The summed E-state index contributed by atoms with van der Waals surface area (Å²) in [7, 11) is 0. The van der Waals surface area contributed by atoms with Crippen LogP contribution < -0.4 is 5.32 Å². The second kappa shape index (κ2) is 5.64. The average molecular weight is 251 g/mol. The van der Waals surface area contributed by atoms with Gasteiger partial charge in [-0.15, -0.1) is 0 Å². The lowest BCUT2D eigenvalue weighted by atomic mass is 10.1. The Kier molecular flexibility index (Phi) is 3.94. The average Bonchev–Trinajstić information content (AvgIpc) is 2.34. The third kappa shape index (κ3) is 3.43. The van der Waals surface area contributed by atoms with E-state index in [0.717, 1.165) is 17.0 Å². The van der Waals surface area contributed by atoms with Gasteiger partial charge in [0.25, 0.3) is 0 Å². The molecule has 2 aromatic rings. The molecular weight excluding hydrogens is 239 g/mol. The van der Waals surface area contributed by atoms with Crippen molar-refractivity contribution in [1.29, 1.82) is 0 Å². The summed E-state index contributed by atoms with van der Waals surface area (Å²) in [6, 6.07) is 10.6. The number of nitrogens with one attached hydrogen (secondary N) is 1. The van der Waals surface area contributed by atoms with Crippen LogP contribution in [0.25, 0.3) is 0 Å². The van der Waals surface area contributed by atoms with Gasteiger partial charge in [0.2, 0.25) is 0 Å². The molecule has 2 nitrogen and oxygen atoms in total. The molecule has 1 heterocycles. The fraction of sp³-hybridized carbons (Fsp3) is 0.154. The largest absolute Gasteiger partial charge is 0.367 e. The fourth-order valence-electron chi connectivity index (χ4n) is 1.49. The predicted molar refractivity (Wildman–Crippen MR) is 67.8 cm³/mol. The Hall–Kier alpha value is -1.61. The Morgan fingerprint density at radius 1 is 1.18 bits per heavy atom. The Balaban J connectivity index is 1.88. The van der Waals surface area contributed by atoms with Crippen molar-refractivity contribution in [3.63, 3.8) is 0 Å². The van der Waals surface area contributed by atoms with Gasteiger partial charge >= 0.3 is 0 Å². The van der Waals surface area contributed by atoms with Crippen LogP contribution in [0, 0.1) is 5.82 Å². The SMILES string of the molecule is Fc1cccnc1NCCc1ccc(Cl)cc1. The van der Waals surface area contributed by atoms with Gasteiger partial charge in [-0.05, 0) is 36.2 Å². The molecule has 0 bridgehead atoms. The number of anilines is 1. The van der Waals surface area contributed by atoms with Crippen molar-refractivity contribution in [3.8, 4) is 0 Å². The van der Waals surface area contributed by atoms with Crippen molar-refractivity contribution in [2.24, 2.45) is 0 Å². The zero-order valence-corrected chi connectivity index (χ0v) is 9.91. The first-order valence-electron chi connectivity index (χ1n) is 5.34. The lowest BCUT2D eigenvalue weighted by Gasteiger charge is -2.06. The van der Waals surface area contributed by atoms with Crippen molar-refractivity contribution < 1.29 is 4.39 Å². The molecule has 0 spiro atoms. The molecular formula is C13H12ClFN2. The summed E-state index contributed by atoms with van der Waals surface area (Å²) in [5.41, 5.74) is 1.15. The first-order valence-corrected chi connectivity index (χ1v) is 5.72. The van der Waals surface area contributed by atoms with Gasteiger partial charge in [0.1, 0.15) is 0 Å². The Morgan fingerprint density at radius 3 is 2.65 bits per heavy atom. The summed E-state index contributed by atoms with van der Waals surface area (Å²) >= 11 is 5.79. The number of pyridine rings is 1. The molecule has 17 heavy (non-hydrogen) atoms. The molecule has 4 heteroatoms. The van der Waals surface area contributed by atoms with Gasteiger partial charge in [-0.25, -0.2) is 9.37 Å². The topological polar surface area (TPSA) is 24.9 Å². The van der Waals surface area contributed by atoms with E-state index in [0.29, 0.717) is 12.4 Å². The number of benzene rings is 1. The first-order chi connectivity index (χ1) is 8.25. The van der Waals surface area contributed by atoms with Gasteiger partial charge in [-0.1, -0.05) is 23.7 Å². The number of nitrogens with zero attached hydrogens (tertiary/aromatic N) is 1. The summed E-state index contributed by atoms with van der Waals surface area (Å²) < 4.78 is 13.2. The van der Waals surface area contributed by atoms with Crippen LogP contribution >= 0.6 is 11.6 Å². The van der Waals surface area contributed by atoms with E-state index < -0.39 is 0 Å². The first kappa shape index (κ1) is 11.9. The van der Waals surface area contributed by atoms with Gasteiger partial charge in [0.15, 0.2) is 11.6 Å². The van der Waals surface area contributed by atoms with E-state index >= 15 is 0 Å². The van der Waals surface area contributed by atoms with E-state index in [1.54, 1.807) is 12.3 Å². The number of hydrogen-bond donors (Lipinski definition) is 1. The molecule has 0 radical (unpaired) electrons. The zero-order chi connectivity index (χ0) is 12.1. The smallest absolute Gasteiger partial charge is 0.165 e. The predicted octanol–water partition coefficient (Wildman–Crippen LogP) is 3.53. The third-order valence-electron chi connectivity index (χ3n) is 2.38. The molecule has 0 saturated heterocycles. The molecule has 1 N–H and O–H groups in total. The van der Waals surface area contributed by atoms with Crippen LogP contribution in [0.1, 0.15) is 5.56 Å². The molecule has 0 atom stereocenters. The monoisotopic (exact) mass is 250 g/mol. The lowest BCUT2D eigenvalue weighted by molar-refractivity contribution is 0.624. The number of halogens is 2. The minimum Gasteiger partial charge on any atom is -0.367 e. The van der Waals surface area contributed by atoms with Crippen LogP contribution in [0.2, 0.25) is 5.02 Å². The Morgan fingerprint density at radius 2 is 1.94 bits per heavy atom. The van der Waals surface area contributed by atoms with Crippen molar-refractivity contribution in [2.75, 3.05) is 11.9 Å². The van der Waals surface area contributed by atoms with Gasteiger partial charge in [0, 0.05) is 17.8 Å². The van der Waals surface area contributed by atoms with Gasteiger partial charge < -0.3 is 5.32 Å². The molecule has 0 aliphatic heterocycles. The van der Waals surface area contributed by atoms with Crippen LogP contribution in [-0.2, 0) is 6.42 Å². The van der Waals surface area contributed by atoms with E-state index in [9.17, 15) is 4.39 Å². The minimum absolute atomic E-state index is 0.293. The van der Waals surface area contributed by atoms with Crippen LogP contribution in [-0.4, -0.2) is 11.5 Å². The summed E-state index contributed by atoms with van der Waals surface area (Å²) in [6.07, 6.45) is 2.36. The third-order valence-corrected chi connectivity index (χ3v) is 2.63. The summed E-state index contributed by atoms with van der Waals surface area (Å²) in [6.45, 7) is 0.634. The van der Waals surface area contributed by atoms with E-state index in [2.05, 4.69) is 10.3 Å². The highest BCUT2D eigenvalue weighted by molar-refractivity contribution is 6.30. The highest BCUT2D eigenvalue weighted by Crippen LogP contribution is 2.11. The fourth-order valence-corrected chi connectivity index (χ4v) is 1.62. The highest BCUT2D eigenvalue weighted by Gasteiger charge is 2.00. The molecule has 0 amide bonds. The molecule has 1 aromatic heterocycles. The molecule has 2 rings (SSSR count). The molecule has 0 aliphatic rings. The van der Waals surface area contributed by atoms with E-state index in [4.69, 9.17) is 11.6 Å². The highest BCUT2D eigenvalue weighted by atomic mass is 35.5. The normalized spacial score (nSPS) is 10.2. The number of hydrogen-bond acceptors (Lipinski definition) is 2. The molecule has 0 aliphatic carbocycles. The standard InChI is InChI=1S/C13H12ClFN2/c14-11-5-3-10(4-6-11)7-9-17-13-12(15)2-1-8-16-13/h1-6,8H,7,9H2,(H,16,17). The maximum atomic E-state index is 13.2. The molecule has 0 fully saturated rings. The quantitative estimate of drug-likeness (QED) is 0.898.